The Morgan fingerprint density at radius 2 is 1.97 bits per heavy atom. The van der Waals surface area contributed by atoms with Crippen LogP contribution < -0.4 is 16.0 Å². The predicted molar refractivity (Wildman–Crippen MR) is 132 cm³/mol. The zero-order valence-electron chi connectivity index (χ0n) is 19.7. The van der Waals surface area contributed by atoms with Gasteiger partial charge in [-0.1, -0.05) is 24.5 Å². The average molecular weight is 450 g/mol. The summed E-state index contributed by atoms with van der Waals surface area (Å²) in [6, 6.07) is 8.98. The van der Waals surface area contributed by atoms with E-state index in [0.29, 0.717) is 35.8 Å². The van der Waals surface area contributed by atoms with Gasteiger partial charge in [0.15, 0.2) is 0 Å². The number of rotatable bonds is 6. The van der Waals surface area contributed by atoms with Crippen molar-refractivity contribution >= 4 is 28.5 Å². The number of nitrogens with zero attached hydrogens (tertiary/aromatic N) is 3. The highest BCUT2D eigenvalue weighted by molar-refractivity contribution is 6.08. The number of benzene rings is 1. The summed E-state index contributed by atoms with van der Waals surface area (Å²) in [5, 5.41) is 4.78. The van der Waals surface area contributed by atoms with E-state index in [1.165, 1.54) is 25.7 Å². The molecule has 3 aliphatic rings. The lowest BCUT2D eigenvalue weighted by Crippen LogP contribution is -2.55. The van der Waals surface area contributed by atoms with Crippen molar-refractivity contribution in [1.82, 2.24) is 10.3 Å². The summed E-state index contributed by atoms with van der Waals surface area (Å²) in [7, 11) is 1.78. The molecule has 1 amide bonds. The number of aromatic nitrogens is 1. The summed E-state index contributed by atoms with van der Waals surface area (Å²) in [5.41, 5.74) is 8.63. The second kappa shape index (κ2) is 9.39. The summed E-state index contributed by atoms with van der Waals surface area (Å²) in [6.07, 6.45) is 8.14. The first-order valence-electron chi connectivity index (χ1n) is 12.4. The third-order valence-electron chi connectivity index (χ3n) is 7.37. The van der Waals surface area contributed by atoms with Gasteiger partial charge in [0.2, 0.25) is 0 Å². The zero-order valence-corrected chi connectivity index (χ0v) is 19.7. The number of pyridine rings is 1. The van der Waals surface area contributed by atoms with Crippen LogP contribution in [0.5, 0.6) is 0 Å². The van der Waals surface area contributed by atoms with Crippen molar-refractivity contribution in [2.45, 2.75) is 70.1 Å². The van der Waals surface area contributed by atoms with Gasteiger partial charge in [0.25, 0.3) is 5.91 Å². The van der Waals surface area contributed by atoms with Gasteiger partial charge in [-0.05, 0) is 57.2 Å². The monoisotopic (exact) mass is 449 g/mol. The van der Waals surface area contributed by atoms with Crippen molar-refractivity contribution < 1.29 is 9.53 Å². The minimum absolute atomic E-state index is 0.0397. The van der Waals surface area contributed by atoms with Crippen molar-refractivity contribution in [2.75, 3.05) is 25.1 Å². The van der Waals surface area contributed by atoms with Crippen LogP contribution in [-0.4, -0.2) is 55.1 Å². The molecule has 2 saturated carbocycles. The van der Waals surface area contributed by atoms with E-state index in [-0.39, 0.29) is 17.9 Å². The fourth-order valence-corrected chi connectivity index (χ4v) is 5.27. The van der Waals surface area contributed by atoms with E-state index in [4.69, 9.17) is 15.5 Å². The molecule has 0 bridgehead atoms. The summed E-state index contributed by atoms with van der Waals surface area (Å²) in [4.78, 5) is 24.6. The Kier molecular flexibility index (Phi) is 6.34. The first kappa shape index (κ1) is 22.3. The number of aliphatic imine (C=N–C) groups is 1. The molecule has 0 spiro atoms. The third kappa shape index (κ3) is 4.89. The van der Waals surface area contributed by atoms with Gasteiger partial charge in [-0.2, -0.15) is 4.99 Å². The number of hydrogen-bond acceptors (Lipinski definition) is 5. The van der Waals surface area contributed by atoms with E-state index in [1.54, 1.807) is 7.11 Å². The Labute approximate surface area is 195 Å². The number of nitrogens with one attached hydrogen (secondary N) is 1. The van der Waals surface area contributed by atoms with Gasteiger partial charge in [-0.3, -0.25) is 4.79 Å². The number of carbonyl (C=O) groups excluding carboxylic acids is 1. The van der Waals surface area contributed by atoms with Crippen molar-refractivity contribution in [3.8, 4) is 0 Å². The van der Waals surface area contributed by atoms with Crippen LogP contribution in [0.25, 0.3) is 10.9 Å². The fraction of sp³-hybridized carbons (Fsp3) is 0.577. The smallest absolute Gasteiger partial charge is 0.282 e. The molecule has 3 N–H and O–H groups in total. The number of methoxy groups -OCH3 is 1. The Morgan fingerprint density at radius 1 is 1.18 bits per heavy atom. The minimum Gasteiger partial charge on any atom is -0.387 e. The fourth-order valence-electron chi connectivity index (χ4n) is 5.27. The molecule has 2 aromatic rings. The lowest BCUT2D eigenvalue weighted by Gasteiger charge is -2.40. The lowest BCUT2D eigenvalue weighted by molar-refractivity contribution is 0.0557. The summed E-state index contributed by atoms with van der Waals surface area (Å²) in [5.74, 6) is 1.09. The van der Waals surface area contributed by atoms with Gasteiger partial charge in [0.1, 0.15) is 11.7 Å². The second-order valence-corrected chi connectivity index (χ2v) is 9.94. The van der Waals surface area contributed by atoms with Crippen LogP contribution in [0, 0.1) is 12.8 Å². The Balaban J connectivity index is 1.45. The van der Waals surface area contributed by atoms with Crippen LogP contribution in [0.3, 0.4) is 0 Å². The minimum atomic E-state index is -0.300. The molecule has 33 heavy (non-hydrogen) atoms. The molecule has 7 heteroatoms. The van der Waals surface area contributed by atoms with E-state index in [9.17, 15) is 4.79 Å². The maximum absolute atomic E-state index is 13.2. The maximum atomic E-state index is 13.2. The molecule has 7 nitrogen and oxygen atoms in total. The number of amides is 1. The first-order valence-corrected chi connectivity index (χ1v) is 12.4. The highest BCUT2D eigenvalue weighted by Crippen LogP contribution is 2.31. The van der Waals surface area contributed by atoms with E-state index in [1.807, 2.05) is 19.1 Å². The molecule has 1 aromatic heterocycles. The number of hydrogen-bond donors (Lipinski definition) is 2. The van der Waals surface area contributed by atoms with Gasteiger partial charge in [0.05, 0.1) is 17.2 Å². The molecular weight excluding hydrogens is 414 g/mol. The molecule has 2 atom stereocenters. The lowest BCUT2D eigenvalue weighted by atomic mass is 9.99. The number of aryl methyl sites for hydroxylation is 1. The topological polar surface area (TPSA) is 92.8 Å². The predicted octanol–water partition coefficient (Wildman–Crippen LogP) is 3.58. The van der Waals surface area contributed by atoms with Gasteiger partial charge < -0.3 is 20.7 Å². The molecule has 3 fully saturated rings. The van der Waals surface area contributed by atoms with E-state index in [2.05, 4.69) is 27.3 Å². The number of ether oxygens (including phenoxy) is 1. The summed E-state index contributed by atoms with van der Waals surface area (Å²) in [6.45, 7) is 3.55. The van der Waals surface area contributed by atoms with Gasteiger partial charge in [0, 0.05) is 43.6 Å². The molecular formula is C26H35N5O2. The standard InChI is InChI=1S/C26H35N5O2/c1-16-7-10-21-18(13-16)14-20(26(32)30-24(27)17-8-9-17)25(29-21)31-12-11-22(23(15-31)33-2)28-19-5-3-4-6-19/h7,10,13-14,17,19,22-23,28H,3-6,8-9,11-12,15H2,1-2H3,(H2,27,30,32)/t22-,23+/m0/s1. The second-order valence-electron chi connectivity index (χ2n) is 9.94. The summed E-state index contributed by atoms with van der Waals surface area (Å²) < 4.78 is 5.91. The van der Waals surface area contributed by atoms with Crippen molar-refractivity contribution in [1.29, 1.82) is 0 Å². The van der Waals surface area contributed by atoms with Crippen molar-refractivity contribution in [2.24, 2.45) is 16.6 Å². The summed E-state index contributed by atoms with van der Waals surface area (Å²) >= 11 is 0. The quantitative estimate of drug-likeness (QED) is 0.517. The number of piperidine rings is 1. The van der Waals surface area contributed by atoms with Crippen molar-refractivity contribution in [3.05, 3.63) is 35.4 Å². The van der Waals surface area contributed by atoms with E-state index >= 15 is 0 Å². The molecule has 5 rings (SSSR count). The Bertz CT molecular complexity index is 1060. The molecule has 176 valence electrons. The highest BCUT2D eigenvalue weighted by atomic mass is 16.5. The van der Waals surface area contributed by atoms with Gasteiger partial charge >= 0.3 is 0 Å². The van der Waals surface area contributed by atoms with Gasteiger partial charge in [-0.15, -0.1) is 0 Å². The van der Waals surface area contributed by atoms with Crippen LogP contribution in [0.2, 0.25) is 0 Å². The molecule has 1 aliphatic heterocycles. The van der Waals surface area contributed by atoms with E-state index in [0.717, 1.165) is 42.3 Å². The van der Waals surface area contributed by atoms with Crippen LogP contribution in [0.1, 0.15) is 60.9 Å². The maximum Gasteiger partial charge on any atom is 0.282 e. The van der Waals surface area contributed by atoms with Crippen LogP contribution in [-0.2, 0) is 4.74 Å². The SMILES string of the molecule is CO[C@@H]1CN(c2nc3ccc(C)cc3cc2C(=O)N=C(N)C2CC2)CC[C@@H]1NC1CCCC1. The Morgan fingerprint density at radius 3 is 2.70 bits per heavy atom. The zero-order chi connectivity index (χ0) is 22.9. The number of fused-ring (bicyclic) bond motifs is 1. The number of carbonyl (C=O) groups is 1. The van der Waals surface area contributed by atoms with Gasteiger partial charge in [-0.25, -0.2) is 4.98 Å². The molecule has 0 radical (unpaired) electrons. The van der Waals surface area contributed by atoms with Crippen LogP contribution in [0.15, 0.2) is 29.3 Å². The molecule has 0 unspecified atom stereocenters. The molecule has 1 aromatic carbocycles. The largest absolute Gasteiger partial charge is 0.387 e. The van der Waals surface area contributed by atoms with Crippen LogP contribution in [0.4, 0.5) is 5.82 Å². The van der Waals surface area contributed by atoms with Crippen molar-refractivity contribution in [3.63, 3.8) is 0 Å². The number of nitrogens with two attached hydrogens (primary N) is 1. The average Bonchev–Trinajstić information content (AvgIpc) is 3.55. The first-order chi connectivity index (χ1) is 16.0. The van der Waals surface area contributed by atoms with Crippen LogP contribution >= 0.6 is 0 Å². The third-order valence-corrected chi connectivity index (χ3v) is 7.37. The molecule has 2 heterocycles. The normalized spacial score (nSPS) is 24.5. The highest BCUT2D eigenvalue weighted by Gasteiger charge is 2.34. The Hall–Kier alpha value is -2.51. The number of amidine groups is 1. The molecule has 2 aliphatic carbocycles. The van der Waals surface area contributed by atoms with E-state index < -0.39 is 0 Å². The number of anilines is 1. The molecule has 1 saturated heterocycles.